The van der Waals surface area contributed by atoms with Crippen molar-refractivity contribution in [2.45, 2.75) is 116 Å². The second-order valence-electron chi connectivity index (χ2n) is 21.0. The molecule has 78 heavy (non-hydrogen) atoms. The topological polar surface area (TPSA) is 177 Å². The number of hydrogen-bond acceptors (Lipinski definition) is 12. The lowest BCUT2D eigenvalue weighted by Gasteiger charge is -2.50. The number of anilines is 6. The Morgan fingerprint density at radius 2 is 1.17 bits per heavy atom. The summed E-state index contributed by atoms with van der Waals surface area (Å²) in [5, 5.41) is 46.2. The van der Waals surface area contributed by atoms with Gasteiger partial charge in [-0.2, -0.15) is 0 Å². The number of carbonyl (C=O) groups is 2. The normalized spacial score (nSPS) is 20.1. The SMILES string of the molecule is CCC1(CC)Nc2cccc3ccc(C4C(O)C(c5ccc6cccc7c6c5NC(CC)(CC)N7)C4O)c(c23)N1.CCN(CC)c1cc(C)c(N=C2C=C(C(=O)Nc3ccc(OS(C)=O)cc3)C(=O)c3ccccc32)c(C)c1. The predicted molar refractivity (Wildman–Crippen MR) is 321 cm³/mol. The first-order chi connectivity index (χ1) is 37.6. The number of aliphatic imine (C=N–C) groups is 1. The van der Waals surface area contributed by atoms with Gasteiger partial charge in [0.25, 0.3) is 5.91 Å². The van der Waals surface area contributed by atoms with Crippen LogP contribution in [0.15, 0.2) is 138 Å². The molecule has 1 atom stereocenters. The van der Waals surface area contributed by atoms with E-state index >= 15 is 0 Å². The number of allylic oxidation sites excluding steroid dienone is 1. The zero-order valence-corrected chi connectivity index (χ0v) is 46.8. The number of nitrogens with one attached hydrogen (secondary N) is 5. The number of Topliss-reactive ketones (excluding diaryl/α,β-unsaturated/α-hetero) is 1. The van der Waals surface area contributed by atoms with Crippen molar-refractivity contribution in [1.82, 2.24) is 0 Å². The number of aryl methyl sites for hydroxylation is 2. The van der Waals surface area contributed by atoms with Crippen LogP contribution in [0.1, 0.15) is 117 Å². The van der Waals surface area contributed by atoms with E-state index in [1.165, 1.54) is 6.26 Å². The molecule has 1 fully saturated rings. The molecule has 13 nitrogen and oxygen atoms in total. The van der Waals surface area contributed by atoms with Crippen molar-refractivity contribution in [3.63, 3.8) is 0 Å². The van der Waals surface area contributed by atoms with Crippen molar-refractivity contribution in [2.75, 3.05) is 50.8 Å². The van der Waals surface area contributed by atoms with Gasteiger partial charge in [-0.3, -0.25) is 9.59 Å². The molecule has 404 valence electrons. The molecule has 4 aliphatic rings. The van der Waals surface area contributed by atoms with Gasteiger partial charge in [0.15, 0.2) is 5.78 Å². The summed E-state index contributed by atoms with van der Waals surface area (Å²) >= 11 is -1.45. The van der Waals surface area contributed by atoms with Crippen LogP contribution in [0.2, 0.25) is 0 Å². The molecule has 7 N–H and O–H groups in total. The highest BCUT2D eigenvalue weighted by atomic mass is 32.2. The van der Waals surface area contributed by atoms with Crippen molar-refractivity contribution >= 4 is 89.8 Å². The van der Waals surface area contributed by atoms with Crippen LogP contribution in [-0.4, -0.2) is 74.7 Å². The van der Waals surface area contributed by atoms with Gasteiger partial charge in [-0.15, -0.1) is 0 Å². The Bertz CT molecular complexity index is 3410. The second kappa shape index (κ2) is 21.7. The lowest BCUT2D eigenvalue weighted by atomic mass is 9.62. The molecule has 1 saturated carbocycles. The zero-order chi connectivity index (χ0) is 55.2. The molecular formula is C64H71N7O6S. The average molecular weight is 1070 g/mol. The number of aliphatic hydroxyl groups is 2. The van der Waals surface area contributed by atoms with Crippen LogP contribution >= 0.6 is 0 Å². The molecule has 7 aromatic carbocycles. The number of amides is 1. The lowest BCUT2D eigenvalue weighted by molar-refractivity contribution is -0.112. The van der Waals surface area contributed by atoms with Gasteiger partial charge in [0.2, 0.25) is 11.1 Å². The van der Waals surface area contributed by atoms with Crippen molar-refractivity contribution in [1.29, 1.82) is 0 Å². The maximum Gasteiger partial charge on any atom is 0.259 e. The Morgan fingerprint density at radius 3 is 1.64 bits per heavy atom. The molecule has 0 spiro atoms. The molecule has 0 bridgehead atoms. The van der Waals surface area contributed by atoms with Gasteiger partial charge in [0, 0.05) is 87.2 Å². The molecule has 11 rings (SSSR count). The number of rotatable bonds is 14. The highest BCUT2D eigenvalue weighted by molar-refractivity contribution is 7.79. The van der Waals surface area contributed by atoms with E-state index < -0.39 is 29.2 Å². The number of ketones is 1. The van der Waals surface area contributed by atoms with E-state index in [4.69, 9.17) is 9.18 Å². The summed E-state index contributed by atoms with van der Waals surface area (Å²) in [6, 6.07) is 39.1. The van der Waals surface area contributed by atoms with Gasteiger partial charge in [0.1, 0.15) is 17.1 Å². The standard InChI is InChI=1S/C34H40N4O2.C30H31N3O4S/c1-5-33(6-2)35-23-13-9-11-19-15-17-21(29(37-33)25(19)23)27-31(39)28(32(27)40)22-18-16-20-12-10-14-24-26(20)30(22)38-34(7-3,8-4)36-24;1-6-33(7-2)22-16-19(3)28(20(4)17-22)32-27-18-26(29(34)25-11-9-8-10-24(25)27)30(35)31-21-12-14-23(15-13-21)37-38(5)36/h9-18,27-28,31-32,35-40H,5-8H2,1-4H3;8-18H,6-7H2,1-5H3,(H,31,35). The minimum absolute atomic E-state index is 0.00695. The predicted octanol–water partition coefficient (Wildman–Crippen LogP) is 13.0. The van der Waals surface area contributed by atoms with Crippen LogP contribution in [0.3, 0.4) is 0 Å². The summed E-state index contributed by atoms with van der Waals surface area (Å²) in [5.41, 5.74) is 11.9. The average Bonchev–Trinajstić information content (AvgIpc) is 3.64. The third kappa shape index (κ3) is 9.68. The molecule has 14 heteroatoms. The van der Waals surface area contributed by atoms with Gasteiger partial charge in [-0.05, 0) is 141 Å². The molecule has 1 unspecified atom stereocenters. The lowest BCUT2D eigenvalue weighted by Crippen LogP contribution is -2.54. The fourth-order valence-electron chi connectivity index (χ4n) is 12.0. The third-order valence-corrected chi connectivity index (χ3v) is 17.0. The summed E-state index contributed by atoms with van der Waals surface area (Å²) < 4.78 is 16.4. The van der Waals surface area contributed by atoms with Crippen LogP contribution in [0.4, 0.5) is 39.8 Å². The summed E-state index contributed by atoms with van der Waals surface area (Å²) in [4.78, 5) is 33.8. The number of fused-ring (bicyclic) bond motifs is 1. The Kier molecular flexibility index (Phi) is 15.0. The maximum atomic E-state index is 13.3. The van der Waals surface area contributed by atoms with E-state index in [9.17, 15) is 24.0 Å². The van der Waals surface area contributed by atoms with Gasteiger partial charge in [0.05, 0.1) is 29.2 Å². The van der Waals surface area contributed by atoms with E-state index in [-0.39, 0.29) is 34.5 Å². The third-order valence-electron chi connectivity index (χ3n) is 16.6. The first-order valence-electron chi connectivity index (χ1n) is 27.4. The number of aliphatic hydroxyl groups excluding tert-OH is 2. The Balaban J connectivity index is 0.000000177. The van der Waals surface area contributed by atoms with E-state index in [0.29, 0.717) is 28.3 Å². The highest BCUT2D eigenvalue weighted by Crippen LogP contribution is 2.56. The Morgan fingerprint density at radius 1 is 0.667 bits per heavy atom. The van der Waals surface area contributed by atoms with E-state index in [2.05, 4.69) is 146 Å². The summed E-state index contributed by atoms with van der Waals surface area (Å²) in [6.45, 7) is 18.9. The van der Waals surface area contributed by atoms with Crippen LogP contribution in [0.25, 0.3) is 21.5 Å². The van der Waals surface area contributed by atoms with Crippen molar-refractivity contribution in [3.8, 4) is 5.75 Å². The molecule has 2 aliphatic heterocycles. The van der Waals surface area contributed by atoms with Crippen LogP contribution in [0, 0.1) is 13.8 Å². The molecule has 0 radical (unpaired) electrons. The zero-order valence-electron chi connectivity index (χ0n) is 46.0. The van der Waals surface area contributed by atoms with Gasteiger partial charge < -0.3 is 45.9 Å². The maximum absolute atomic E-state index is 13.3. The van der Waals surface area contributed by atoms with Crippen LogP contribution in [-0.2, 0) is 15.9 Å². The molecule has 2 aliphatic carbocycles. The van der Waals surface area contributed by atoms with Gasteiger partial charge >= 0.3 is 0 Å². The fourth-order valence-corrected chi connectivity index (χ4v) is 12.4. The van der Waals surface area contributed by atoms with Crippen LogP contribution in [0.5, 0.6) is 5.75 Å². The quantitative estimate of drug-likeness (QED) is 0.0516. The van der Waals surface area contributed by atoms with Gasteiger partial charge in [-0.25, -0.2) is 9.20 Å². The highest BCUT2D eigenvalue weighted by Gasteiger charge is 2.53. The van der Waals surface area contributed by atoms with Gasteiger partial charge in [-0.1, -0.05) is 100 Å². The summed E-state index contributed by atoms with van der Waals surface area (Å²) in [5.74, 6) is -1.23. The molecule has 2 heterocycles. The number of benzene rings is 7. The summed E-state index contributed by atoms with van der Waals surface area (Å²) in [7, 11) is 0. The number of nitrogens with zero attached hydrogens (tertiary/aromatic N) is 2. The van der Waals surface area contributed by atoms with Crippen LogP contribution < -0.4 is 35.7 Å². The summed E-state index contributed by atoms with van der Waals surface area (Å²) in [6.07, 6.45) is 5.21. The number of carbonyl (C=O) groups excluding carboxylic acids is 2. The fraction of sp³-hybridized carbons (Fsp3) is 0.328. The van der Waals surface area contributed by atoms with E-state index in [1.54, 1.807) is 42.5 Å². The molecule has 0 saturated heterocycles. The second-order valence-corrected chi connectivity index (χ2v) is 21.9. The van der Waals surface area contributed by atoms with E-state index in [1.807, 2.05) is 26.0 Å². The number of hydrogen-bond donors (Lipinski definition) is 7. The molecule has 7 aromatic rings. The molecule has 0 aromatic heterocycles. The van der Waals surface area contributed by atoms with E-state index in [0.717, 1.165) is 117 Å². The molecule has 1 amide bonds. The van der Waals surface area contributed by atoms with Crippen molar-refractivity contribution in [2.24, 2.45) is 4.99 Å². The smallest absolute Gasteiger partial charge is 0.259 e. The first kappa shape index (κ1) is 53.9. The largest absolute Gasteiger partial charge is 0.401 e. The van der Waals surface area contributed by atoms with Crippen molar-refractivity contribution < 1.29 is 28.2 Å². The minimum atomic E-state index is -1.45. The Labute approximate surface area is 460 Å². The monoisotopic (exact) mass is 1070 g/mol. The first-order valence-corrected chi connectivity index (χ1v) is 28.9. The van der Waals surface area contributed by atoms with Crippen molar-refractivity contribution in [3.05, 3.63) is 166 Å². The molecular weight excluding hydrogens is 995 g/mol. The minimum Gasteiger partial charge on any atom is -0.401 e. The Hall–Kier alpha value is -7.52.